The Labute approximate surface area is 119 Å². The summed E-state index contributed by atoms with van der Waals surface area (Å²) in [5.74, 6) is 0.197. The van der Waals surface area contributed by atoms with Crippen LogP contribution < -0.4 is 4.74 Å². The highest BCUT2D eigenvalue weighted by molar-refractivity contribution is 9.10. The average molecular weight is 327 g/mol. The van der Waals surface area contributed by atoms with Crippen molar-refractivity contribution in [2.24, 2.45) is 0 Å². The second-order valence-electron chi connectivity index (χ2n) is 4.15. The summed E-state index contributed by atoms with van der Waals surface area (Å²) in [6.07, 6.45) is 1.79. The van der Waals surface area contributed by atoms with Gasteiger partial charge in [-0.2, -0.15) is 8.78 Å². The zero-order valence-electron chi connectivity index (χ0n) is 10.2. The van der Waals surface area contributed by atoms with Crippen LogP contribution in [0.2, 0.25) is 0 Å². The molecule has 2 aromatic carbocycles. The number of rotatable bonds is 5. The Morgan fingerprint density at radius 2 is 1.32 bits per heavy atom. The lowest BCUT2D eigenvalue weighted by atomic mass is 10.0. The molecule has 19 heavy (non-hydrogen) atoms. The van der Waals surface area contributed by atoms with Crippen molar-refractivity contribution in [1.82, 2.24) is 0 Å². The Hall–Kier alpha value is -1.42. The molecule has 0 aliphatic carbocycles. The van der Waals surface area contributed by atoms with Crippen LogP contribution in [-0.2, 0) is 12.8 Å². The van der Waals surface area contributed by atoms with Crippen molar-refractivity contribution >= 4 is 15.9 Å². The monoisotopic (exact) mass is 326 g/mol. The van der Waals surface area contributed by atoms with Gasteiger partial charge in [-0.25, -0.2) is 0 Å². The van der Waals surface area contributed by atoms with E-state index in [9.17, 15) is 8.78 Å². The summed E-state index contributed by atoms with van der Waals surface area (Å²) in [5.41, 5.74) is 2.35. The predicted octanol–water partition coefficient (Wildman–Crippen LogP) is 4.84. The summed E-state index contributed by atoms with van der Waals surface area (Å²) in [6, 6.07) is 14.9. The van der Waals surface area contributed by atoms with Crippen molar-refractivity contribution in [3.63, 3.8) is 0 Å². The Bertz CT molecular complexity index is 509. The molecule has 0 saturated carbocycles. The van der Waals surface area contributed by atoms with Gasteiger partial charge in [0.2, 0.25) is 0 Å². The van der Waals surface area contributed by atoms with Gasteiger partial charge < -0.3 is 4.74 Å². The molecular weight excluding hydrogens is 314 g/mol. The van der Waals surface area contributed by atoms with Crippen LogP contribution in [0.1, 0.15) is 11.1 Å². The standard InChI is InChI=1S/C15H13BrF2O/c16-13-7-3-11(4-8-13)1-2-12-5-9-14(10-6-12)19-15(17)18/h3-10,15H,1-2H2. The number of hydrogen-bond donors (Lipinski definition) is 0. The first-order valence-electron chi connectivity index (χ1n) is 5.92. The molecule has 0 spiro atoms. The minimum absolute atomic E-state index is 0.197. The van der Waals surface area contributed by atoms with Crippen LogP contribution in [0.3, 0.4) is 0 Å². The van der Waals surface area contributed by atoms with E-state index in [1.165, 1.54) is 5.56 Å². The molecular formula is C15H13BrF2O. The van der Waals surface area contributed by atoms with Crippen molar-refractivity contribution in [3.8, 4) is 5.75 Å². The van der Waals surface area contributed by atoms with Crippen molar-refractivity contribution in [3.05, 3.63) is 64.1 Å². The highest BCUT2D eigenvalue weighted by Crippen LogP contribution is 2.17. The van der Waals surface area contributed by atoms with E-state index in [4.69, 9.17) is 0 Å². The number of hydrogen-bond acceptors (Lipinski definition) is 1. The number of alkyl halides is 2. The van der Waals surface area contributed by atoms with Crippen LogP contribution >= 0.6 is 15.9 Å². The maximum atomic E-state index is 12.0. The fourth-order valence-electron chi connectivity index (χ4n) is 1.78. The molecule has 0 saturated heterocycles. The van der Waals surface area contributed by atoms with E-state index in [1.807, 2.05) is 24.3 Å². The Morgan fingerprint density at radius 3 is 1.79 bits per heavy atom. The third-order valence-corrected chi connectivity index (χ3v) is 3.29. The maximum Gasteiger partial charge on any atom is 0.387 e. The first-order chi connectivity index (χ1) is 9.13. The van der Waals surface area contributed by atoms with Gasteiger partial charge in [-0.15, -0.1) is 0 Å². The minimum atomic E-state index is -2.77. The van der Waals surface area contributed by atoms with Crippen LogP contribution in [0.4, 0.5) is 8.78 Å². The van der Waals surface area contributed by atoms with Gasteiger partial charge in [0.25, 0.3) is 0 Å². The molecule has 0 aliphatic rings. The molecule has 0 aromatic heterocycles. The van der Waals surface area contributed by atoms with E-state index in [-0.39, 0.29) is 5.75 Å². The molecule has 0 fully saturated rings. The summed E-state index contributed by atoms with van der Waals surface area (Å²) < 4.78 is 29.4. The summed E-state index contributed by atoms with van der Waals surface area (Å²) in [7, 11) is 0. The molecule has 4 heteroatoms. The maximum absolute atomic E-state index is 12.0. The quantitative estimate of drug-likeness (QED) is 0.764. The van der Waals surface area contributed by atoms with Crippen LogP contribution in [0.25, 0.3) is 0 Å². The van der Waals surface area contributed by atoms with E-state index in [0.29, 0.717) is 0 Å². The van der Waals surface area contributed by atoms with E-state index in [2.05, 4.69) is 32.8 Å². The molecule has 0 aliphatic heterocycles. The van der Waals surface area contributed by atoms with Crippen LogP contribution in [0, 0.1) is 0 Å². The van der Waals surface area contributed by atoms with Crippen molar-refractivity contribution < 1.29 is 13.5 Å². The Kier molecular flexibility index (Phi) is 4.91. The lowest BCUT2D eigenvalue weighted by molar-refractivity contribution is -0.0498. The number of aryl methyl sites for hydroxylation is 2. The summed E-state index contributed by atoms with van der Waals surface area (Å²) >= 11 is 3.39. The third kappa shape index (κ3) is 4.63. The first kappa shape index (κ1) is 14.0. The van der Waals surface area contributed by atoms with Crippen LogP contribution in [0.5, 0.6) is 5.75 Å². The van der Waals surface area contributed by atoms with E-state index < -0.39 is 6.61 Å². The number of benzene rings is 2. The molecule has 0 N–H and O–H groups in total. The molecule has 0 heterocycles. The number of halogens is 3. The molecule has 2 rings (SSSR count). The van der Waals surface area contributed by atoms with E-state index in [1.54, 1.807) is 12.1 Å². The van der Waals surface area contributed by atoms with Gasteiger partial charge >= 0.3 is 6.61 Å². The van der Waals surface area contributed by atoms with Gasteiger partial charge in [0.1, 0.15) is 5.75 Å². The molecule has 0 radical (unpaired) electrons. The zero-order valence-corrected chi connectivity index (χ0v) is 11.7. The fraction of sp³-hybridized carbons (Fsp3) is 0.200. The van der Waals surface area contributed by atoms with E-state index in [0.717, 1.165) is 22.9 Å². The second kappa shape index (κ2) is 6.66. The van der Waals surface area contributed by atoms with Crippen molar-refractivity contribution in [2.75, 3.05) is 0 Å². The van der Waals surface area contributed by atoms with Crippen LogP contribution in [-0.4, -0.2) is 6.61 Å². The van der Waals surface area contributed by atoms with Gasteiger partial charge in [0, 0.05) is 4.47 Å². The lowest BCUT2D eigenvalue weighted by Crippen LogP contribution is -2.01. The minimum Gasteiger partial charge on any atom is -0.435 e. The predicted molar refractivity (Wildman–Crippen MR) is 74.6 cm³/mol. The van der Waals surface area contributed by atoms with Gasteiger partial charge in [-0.3, -0.25) is 0 Å². The summed E-state index contributed by atoms with van der Waals surface area (Å²) in [6.45, 7) is -2.77. The van der Waals surface area contributed by atoms with Gasteiger partial charge in [0.15, 0.2) is 0 Å². The second-order valence-corrected chi connectivity index (χ2v) is 5.06. The molecule has 0 amide bonds. The van der Waals surface area contributed by atoms with E-state index >= 15 is 0 Å². The first-order valence-corrected chi connectivity index (χ1v) is 6.71. The Morgan fingerprint density at radius 1 is 0.842 bits per heavy atom. The number of ether oxygens (including phenoxy) is 1. The fourth-order valence-corrected chi connectivity index (χ4v) is 2.04. The molecule has 2 aromatic rings. The molecule has 0 atom stereocenters. The lowest BCUT2D eigenvalue weighted by Gasteiger charge is -2.06. The topological polar surface area (TPSA) is 9.23 Å². The Balaban J connectivity index is 1.91. The van der Waals surface area contributed by atoms with Gasteiger partial charge in [-0.1, -0.05) is 40.2 Å². The van der Waals surface area contributed by atoms with Gasteiger partial charge in [0.05, 0.1) is 0 Å². The normalized spacial score (nSPS) is 10.7. The smallest absolute Gasteiger partial charge is 0.387 e. The third-order valence-electron chi connectivity index (χ3n) is 2.76. The molecule has 100 valence electrons. The summed E-state index contributed by atoms with van der Waals surface area (Å²) in [5, 5.41) is 0. The van der Waals surface area contributed by atoms with Crippen molar-refractivity contribution in [1.29, 1.82) is 0 Å². The molecule has 0 unspecified atom stereocenters. The average Bonchev–Trinajstić information content (AvgIpc) is 2.39. The highest BCUT2D eigenvalue weighted by Gasteiger charge is 2.03. The largest absolute Gasteiger partial charge is 0.435 e. The van der Waals surface area contributed by atoms with Crippen molar-refractivity contribution in [2.45, 2.75) is 19.5 Å². The molecule has 1 nitrogen and oxygen atoms in total. The molecule has 0 bridgehead atoms. The SMILES string of the molecule is FC(F)Oc1ccc(CCc2ccc(Br)cc2)cc1. The summed E-state index contributed by atoms with van der Waals surface area (Å²) in [4.78, 5) is 0. The van der Waals surface area contributed by atoms with Gasteiger partial charge in [-0.05, 0) is 48.2 Å². The van der Waals surface area contributed by atoms with Crippen LogP contribution in [0.15, 0.2) is 53.0 Å². The highest BCUT2D eigenvalue weighted by atomic mass is 79.9. The zero-order chi connectivity index (χ0) is 13.7.